The lowest BCUT2D eigenvalue weighted by atomic mass is 10.1. The second-order valence-corrected chi connectivity index (χ2v) is 3.18. The summed E-state index contributed by atoms with van der Waals surface area (Å²) in [4.78, 5) is 11.0. The fourth-order valence-corrected chi connectivity index (χ4v) is 1.17. The van der Waals surface area contributed by atoms with Crippen molar-refractivity contribution in [2.24, 2.45) is 0 Å². The number of carbonyl (C=O) groups excluding carboxylic acids is 1. The standard InChI is InChI=1S/C12H12F2O2/c1-3-16-11(15)7-5-9-10(13)6-4-8(2)12(9)14/h4-7H,3H2,1-2H3. The van der Waals surface area contributed by atoms with E-state index >= 15 is 0 Å². The summed E-state index contributed by atoms with van der Waals surface area (Å²) in [5, 5.41) is 0. The molecule has 0 atom stereocenters. The van der Waals surface area contributed by atoms with Crippen LogP contribution in [-0.2, 0) is 9.53 Å². The minimum absolute atomic E-state index is 0.224. The van der Waals surface area contributed by atoms with Gasteiger partial charge in [-0.25, -0.2) is 13.6 Å². The molecule has 16 heavy (non-hydrogen) atoms. The Hall–Kier alpha value is -1.71. The Bertz CT molecular complexity index is 425. The molecule has 1 rings (SSSR count). The third-order valence-electron chi connectivity index (χ3n) is 1.99. The van der Waals surface area contributed by atoms with Crippen LogP contribution in [0.2, 0.25) is 0 Å². The molecule has 0 saturated heterocycles. The van der Waals surface area contributed by atoms with Crippen molar-refractivity contribution in [3.63, 3.8) is 0 Å². The Labute approximate surface area is 92.5 Å². The summed E-state index contributed by atoms with van der Waals surface area (Å²) in [6, 6.07) is 2.50. The molecule has 0 unspecified atom stereocenters. The minimum Gasteiger partial charge on any atom is -0.463 e. The van der Waals surface area contributed by atoms with Crippen LogP contribution in [0.5, 0.6) is 0 Å². The van der Waals surface area contributed by atoms with Crippen molar-refractivity contribution >= 4 is 12.0 Å². The Morgan fingerprint density at radius 3 is 2.75 bits per heavy atom. The highest BCUT2D eigenvalue weighted by Gasteiger charge is 2.08. The summed E-state index contributed by atoms with van der Waals surface area (Å²) in [5.74, 6) is -1.99. The first-order chi connectivity index (χ1) is 7.56. The zero-order valence-electron chi connectivity index (χ0n) is 9.09. The first kappa shape index (κ1) is 12.4. The van der Waals surface area contributed by atoms with Gasteiger partial charge in [-0.05, 0) is 31.6 Å². The molecule has 0 fully saturated rings. The third kappa shape index (κ3) is 2.89. The van der Waals surface area contributed by atoms with Crippen LogP contribution in [0, 0.1) is 18.6 Å². The summed E-state index contributed by atoms with van der Waals surface area (Å²) in [6.07, 6.45) is 2.08. The van der Waals surface area contributed by atoms with E-state index < -0.39 is 17.6 Å². The molecule has 0 radical (unpaired) electrons. The van der Waals surface area contributed by atoms with Gasteiger partial charge in [-0.1, -0.05) is 6.07 Å². The number of rotatable bonds is 3. The summed E-state index contributed by atoms with van der Waals surface area (Å²) in [5.41, 5.74) is 0.0953. The average Bonchev–Trinajstić information content (AvgIpc) is 2.24. The molecule has 0 bridgehead atoms. The van der Waals surface area contributed by atoms with Crippen molar-refractivity contribution < 1.29 is 18.3 Å². The fraction of sp³-hybridized carbons (Fsp3) is 0.250. The Kier molecular flexibility index (Phi) is 4.17. The predicted molar refractivity (Wildman–Crippen MR) is 56.8 cm³/mol. The van der Waals surface area contributed by atoms with Crippen LogP contribution in [0.15, 0.2) is 18.2 Å². The van der Waals surface area contributed by atoms with Gasteiger partial charge in [-0.15, -0.1) is 0 Å². The van der Waals surface area contributed by atoms with E-state index in [0.717, 1.165) is 18.2 Å². The van der Waals surface area contributed by atoms with Crippen molar-refractivity contribution in [2.75, 3.05) is 6.61 Å². The van der Waals surface area contributed by atoms with Gasteiger partial charge < -0.3 is 4.74 Å². The second-order valence-electron chi connectivity index (χ2n) is 3.18. The number of aryl methyl sites for hydroxylation is 1. The van der Waals surface area contributed by atoms with Gasteiger partial charge in [0.1, 0.15) is 11.6 Å². The van der Waals surface area contributed by atoms with E-state index in [1.165, 1.54) is 13.0 Å². The molecule has 0 heterocycles. The number of ether oxygens (including phenoxy) is 1. The Balaban J connectivity index is 2.97. The van der Waals surface area contributed by atoms with Gasteiger partial charge in [0.25, 0.3) is 0 Å². The smallest absolute Gasteiger partial charge is 0.330 e. The molecule has 4 heteroatoms. The van der Waals surface area contributed by atoms with Gasteiger partial charge in [0.15, 0.2) is 0 Å². The third-order valence-corrected chi connectivity index (χ3v) is 1.99. The molecular weight excluding hydrogens is 214 g/mol. The maximum Gasteiger partial charge on any atom is 0.330 e. The zero-order chi connectivity index (χ0) is 12.1. The molecule has 0 aliphatic carbocycles. The van der Waals surface area contributed by atoms with Crippen molar-refractivity contribution in [1.82, 2.24) is 0 Å². The highest BCUT2D eigenvalue weighted by molar-refractivity contribution is 5.87. The van der Waals surface area contributed by atoms with E-state index in [1.54, 1.807) is 6.92 Å². The molecular formula is C12H12F2O2. The number of esters is 1. The molecule has 1 aromatic rings. The van der Waals surface area contributed by atoms with E-state index in [-0.39, 0.29) is 12.2 Å². The first-order valence-electron chi connectivity index (χ1n) is 4.85. The fourth-order valence-electron chi connectivity index (χ4n) is 1.17. The molecule has 0 saturated carbocycles. The van der Waals surface area contributed by atoms with Gasteiger partial charge in [-0.2, -0.15) is 0 Å². The number of benzene rings is 1. The number of hydrogen-bond acceptors (Lipinski definition) is 2. The molecule has 0 aromatic heterocycles. The number of halogens is 2. The zero-order valence-corrected chi connectivity index (χ0v) is 9.09. The highest BCUT2D eigenvalue weighted by Crippen LogP contribution is 2.17. The Morgan fingerprint density at radius 2 is 2.12 bits per heavy atom. The van der Waals surface area contributed by atoms with Crippen molar-refractivity contribution in [3.8, 4) is 0 Å². The van der Waals surface area contributed by atoms with Gasteiger partial charge in [-0.3, -0.25) is 0 Å². The monoisotopic (exact) mass is 226 g/mol. The lowest BCUT2D eigenvalue weighted by molar-refractivity contribution is -0.137. The van der Waals surface area contributed by atoms with Crippen LogP contribution in [-0.4, -0.2) is 12.6 Å². The van der Waals surface area contributed by atoms with Crippen molar-refractivity contribution in [1.29, 1.82) is 0 Å². The summed E-state index contributed by atoms with van der Waals surface area (Å²) in [7, 11) is 0. The van der Waals surface area contributed by atoms with Crippen LogP contribution >= 0.6 is 0 Å². The van der Waals surface area contributed by atoms with E-state index in [1.807, 2.05) is 0 Å². The average molecular weight is 226 g/mol. The summed E-state index contributed by atoms with van der Waals surface area (Å²) in [6.45, 7) is 3.40. The SMILES string of the molecule is CCOC(=O)C=Cc1c(F)ccc(C)c1F. The largest absolute Gasteiger partial charge is 0.463 e. The van der Waals surface area contributed by atoms with Gasteiger partial charge in [0.2, 0.25) is 0 Å². The summed E-state index contributed by atoms with van der Waals surface area (Å²) >= 11 is 0. The predicted octanol–water partition coefficient (Wildman–Crippen LogP) is 2.85. The lowest BCUT2D eigenvalue weighted by Gasteiger charge is -2.02. The van der Waals surface area contributed by atoms with Crippen LogP contribution in [0.3, 0.4) is 0 Å². The molecule has 0 amide bonds. The topological polar surface area (TPSA) is 26.3 Å². The van der Waals surface area contributed by atoms with E-state index in [4.69, 9.17) is 0 Å². The minimum atomic E-state index is -0.705. The van der Waals surface area contributed by atoms with Crippen molar-refractivity contribution in [3.05, 3.63) is 41.0 Å². The normalized spacial score (nSPS) is 10.8. The highest BCUT2D eigenvalue weighted by atomic mass is 19.1. The van der Waals surface area contributed by atoms with E-state index in [2.05, 4.69) is 4.74 Å². The summed E-state index contributed by atoms with van der Waals surface area (Å²) < 4.78 is 31.3. The van der Waals surface area contributed by atoms with E-state index in [0.29, 0.717) is 5.56 Å². The van der Waals surface area contributed by atoms with Gasteiger partial charge >= 0.3 is 5.97 Å². The molecule has 0 aliphatic rings. The van der Waals surface area contributed by atoms with Crippen LogP contribution in [0.4, 0.5) is 8.78 Å². The molecule has 86 valence electrons. The molecule has 0 aliphatic heterocycles. The molecule has 0 N–H and O–H groups in total. The van der Waals surface area contributed by atoms with Crippen LogP contribution in [0.25, 0.3) is 6.08 Å². The maximum atomic E-state index is 13.5. The quantitative estimate of drug-likeness (QED) is 0.585. The van der Waals surface area contributed by atoms with Crippen LogP contribution < -0.4 is 0 Å². The lowest BCUT2D eigenvalue weighted by Crippen LogP contribution is -1.99. The van der Waals surface area contributed by atoms with Crippen molar-refractivity contribution in [2.45, 2.75) is 13.8 Å². The Morgan fingerprint density at radius 1 is 1.44 bits per heavy atom. The number of carbonyl (C=O) groups is 1. The van der Waals surface area contributed by atoms with E-state index in [9.17, 15) is 13.6 Å². The van der Waals surface area contributed by atoms with Crippen LogP contribution in [0.1, 0.15) is 18.1 Å². The van der Waals surface area contributed by atoms with Gasteiger partial charge in [0.05, 0.1) is 6.61 Å². The van der Waals surface area contributed by atoms with Gasteiger partial charge in [0, 0.05) is 11.6 Å². The molecule has 2 nitrogen and oxygen atoms in total. The number of hydrogen-bond donors (Lipinski definition) is 0. The molecule has 1 aromatic carbocycles. The molecule has 0 spiro atoms. The maximum absolute atomic E-state index is 13.5. The first-order valence-corrected chi connectivity index (χ1v) is 4.85. The second kappa shape index (κ2) is 5.39.